The fourth-order valence-corrected chi connectivity index (χ4v) is 2.19. The lowest BCUT2D eigenvalue weighted by atomic mass is 9.95. The molecule has 0 saturated carbocycles. The predicted molar refractivity (Wildman–Crippen MR) is 67.5 cm³/mol. The highest BCUT2D eigenvalue weighted by Crippen LogP contribution is 2.15. The summed E-state index contributed by atoms with van der Waals surface area (Å²) in [7, 11) is 0. The Morgan fingerprint density at radius 1 is 1.26 bits per heavy atom. The largest absolute Gasteiger partial charge is 0.480 e. The van der Waals surface area contributed by atoms with Crippen LogP contribution in [0.15, 0.2) is 30.3 Å². The molecule has 1 aliphatic rings. The number of hydrogen-bond acceptors (Lipinski definition) is 3. The molecule has 0 radical (unpaired) electrons. The van der Waals surface area contributed by atoms with Gasteiger partial charge in [0.25, 0.3) is 0 Å². The van der Waals surface area contributed by atoms with Gasteiger partial charge in [-0.3, -0.25) is 14.4 Å². The summed E-state index contributed by atoms with van der Waals surface area (Å²) in [5, 5.41) is 8.91. The van der Waals surface area contributed by atoms with Crippen molar-refractivity contribution in [1.29, 1.82) is 0 Å². The van der Waals surface area contributed by atoms with Crippen molar-refractivity contribution in [2.75, 3.05) is 13.1 Å². The number of benzene rings is 1. The smallest absolute Gasteiger partial charge is 0.323 e. The maximum absolute atomic E-state index is 11.9. The summed E-state index contributed by atoms with van der Waals surface area (Å²) in [5.41, 5.74) is 1.08. The first-order chi connectivity index (χ1) is 9.09. The average molecular weight is 261 g/mol. The molecule has 1 aliphatic heterocycles. The van der Waals surface area contributed by atoms with Gasteiger partial charge < -0.3 is 10.0 Å². The number of piperidine rings is 1. The number of hydrogen-bond donors (Lipinski definition) is 1. The standard InChI is InChI=1S/C14H15NO4/c16-11-7-9-15(13(17)12(11)14(18)19)8-6-10-4-2-1-3-5-10/h1-5,12H,6-9H2,(H,18,19). The first-order valence-electron chi connectivity index (χ1n) is 6.18. The van der Waals surface area contributed by atoms with E-state index in [1.165, 1.54) is 4.90 Å². The summed E-state index contributed by atoms with van der Waals surface area (Å²) in [6, 6.07) is 9.64. The van der Waals surface area contributed by atoms with Gasteiger partial charge in [0.2, 0.25) is 5.91 Å². The molecule has 5 nitrogen and oxygen atoms in total. The molecule has 1 amide bonds. The van der Waals surface area contributed by atoms with Crippen molar-refractivity contribution in [3.63, 3.8) is 0 Å². The summed E-state index contributed by atoms with van der Waals surface area (Å²) >= 11 is 0. The zero-order valence-corrected chi connectivity index (χ0v) is 10.4. The summed E-state index contributed by atoms with van der Waals surface area (Å²) in [6.07, 6.45) is 0.782. The van der Waals surface area contributed by atoms with Crippen molar-refractivity contribution in [3.05, 3.63) is 35.9 Å². The summed E-state index contributed by atoms with van der Waals surface area (Å²) in [6.45, 7) is 0.758. The third kappa shape index (κ3) is 2.99. The van der Waals surface area contributed by atoms with Crippen LogP contribution in [-0.4, -0.2) is 40.8 Å². The topological polar surface area (TPSA) is 74.7 Å². The monoisotopic (exact) mass is 261 g/mol. The lowest BCUT2D eigenvalue weighted by molar-refractivity contribution is -0.157. The molecule has 1 aromatic carbocycles. The Bertz CT molecular complexity index is 497. The Balaban J connectivity index is 1.99. The average Bonchev–Trinajstić information content (AvgIpc) is 2.38. The van der Waals surface area contributed by atoms with Crippen LogP contribution >= 0.6 is 0 Å². The van der Waals surface area contributed by atoms with Crippen LogP contribution in [-0.2, 0) is 20.8 Å². The molecule has 0 bridgehead atoms. The minimum atomic E-state index is -1.51. The fraction of sp³-hybridized carbons (Fsp3) is 0.357. The molecular weight excluding hydrogens is 246 g/mol. The molecule has 0 aromatic heterocycles. The molecule has 1 fully saturated rings. The second kappa shape index (κ2) is 5.65. The molecule has 0 spiro atoms. The van der Waals surface area contributed by atoms with Gasteiger partial charge in [-0.15, -0.1) is 0 Å². The fourth-order valence-electron chi connectivity index (χ4n) is 2.19. The van der Waals surface area contributed by atoms with Crippen molar-refractivity contribution in [3.8, 4) is 0 Å². The third-order valence-corrected chi connectivity index (χ3v) is 3.27. The number of carbonyl (C=O) groups excluding carboxylic acids is 2. The van der Waals surface area contributed by atoms with Crippen LogP contribution in [0.1, 0.15) is 12.0 Å². The lowest BCUT2D eigenvalue weighted by Crippen LogP contribution is -2.49. The van der Waals surface area contributed by atoms with Gasteiger partial charge in [0, 0.05) is 19.5 Å². The highest BCUT2D eigenvalue weighted by molar-refractivity contribution is 6.17. The van der Waals surface area contributed by atoms with Crippen LogP contribution < -0.4 is 0 Å². The van der Waals surface area contributed by atoms with Crippen molar-refractivity contribution in [2.24, 2.45) is 5.92 Å². The van der Waals surface area contributed by atoms with Crippen LogP contribution in [0.5, 0.6) is 0 Å². The number of carbonyl (C=O) groups is 3. The van der Waals surface area contributed by atoms with Crippen LogP contribution in [0.4, 0.5) is 0 Å². The predicted octanol–water partition coefficient (Wildman–Crippen LogP) is 0.731. The Hall–Kier alpha value is -2.17. The Morgan fingerprint density at radius 3 is 2.58 bits per heavy atom. The van der Waals surface area contributed by atoms with E-state index < -0.39 is 23.6 Å². The van der Waals surface area contributed by atoms with Crippen LogP contribution in [0.25, 0.3) is 0 Å². The van der Waals surface area contributed by atoms with Gasteiger partial charge in [0.1, 0.15) is 0 Å². The van der Waals surface area contributed by atoms with Gasteiger partial charge in [-0.1, -0.05) is 30.3 Å². The molecule has 1 aromatic rings. The van der Waals surface area contributed by atoms with Gasteiger partial charge in [0.15, 0.2) is 11.7 Å². The molecule has 19 heavy (non-hydrogen) atoms. The molecule has 100 valence electrons. The zero-order chi connectivity index (χ0) is 13.8. The Labute approximate surface area is 110 Å². The molecule has 2 rings (SSSR count). The number of likely N-dealkylation sites (tertiary alicyclic amines) is 1. The number of rotatable bonds is 4. The molecule has 1 N–H and O–H groups in total. The van der Waals surface area contributed by atoms with E-state index >= 15 is 0 Å². The quantitative estimate of drug-likeness (QED) is 0.811. The Morgan fingerprint density at radius 2 is 1.95 bits per heavy atom. The molecule has 5 heteroatoms. The number of ketones is 1. The molecule has 1 heterocycles. The number of aliphatic carboxylic acids is 1. The van der Waals surface area contributed by atoms with Crippen molar-refractivity contribution in [2.45, 2.75) is 12.8 Å². The SMILES string of the molecule is O=C(O)C1C(=O)CCN(CCc2ccccc2)C1=O. The van der Waals surface area contributed by atoms with Crippen LogP contribution in [0, 0.1) is 5.92 Å². The van der Waals surface area contributed by atoms with Crippen LogP contribution in [0.3, 0.4) is 0 Å². The highest BCUT2D eigenvalue weighted by Gasteiger charge is 2.40. The van der Waals surface area contributed by atoms with Gasteiger partial charge in [-0.05, 0) is 12.0 Å². The van der Waals surface area contributed by atoms with E-state index in [9.17, 15) is 14.4 Å². The van der Waals surface area contributed by atoms with Gasteiger partial charge in [-0.25, -0.2) is 0 Å². The van der Waals surface area contributed by atoms with E-state index in [0.29, 0.717) is 19.5 Å². The summed E-state index contributed by atoms with van der Waals surface area (Å²) in [5.74, 6) is -3.93. The van der Waals surface area contributed by atoms with Gasteiger partial charge in [0.05, 0.1) is 0 Å². The number of carboxylic acid groups (broad SMARTS) is 1. The van der Waals surface area contributed by atoms with E-state index in [0.717, 1.165) is 5.56 Å². The number of amides is 1. The second-order valence-electron chi connectivity index (χ2n) is 4.55. The highest BCUT2D eigenvalue weighted by atomic mass is 16.4. The Kier molecular flexibility index (Phi) is 3.94. The first-order valence-corrected chi connectivity index (χ1v) is 6.18. The van der Waals surface area contributed by atoms with Crippen molar-refractivity contribution >= 4 is 17.7 Å². The lowest BCUT2D eigenvalue weighted by Gasteiger charge is -2.29. The maximum Gasteiger partial charge on any atom is 0.323 e. The van der Waals surface area contributed by atoms with E-state index in [1.807, 2.05) is 30.3 Å². The summed E-state index contributed by atoms with van der Waals surface area (Å²) in [4.78, 5) is 35.8. The van der Waals surface area contributed by atoms with E-state index in [1.54, 1.807) is 0 Å². The molecule has 0 aliphatic carbocycles. The first kappa shape index (κ1) is 13.3. The minimum Gasteiger partial charge on any atom is -0.480 e. The summed E-state index contributed by atoms with van der Waals surface area (Å²) < 4.78 is 0. The molecule has 1 saturated heterocycles. The van der Waals surface area contributed by atoms with E-state index in [4.69, 9.17) is 5.11 Å². The number of carboxylic acids is 1. The second-order valence-corrected chi connectivity index (χ2v) is 4.55. The minimum absolute atomic E-state index is 0.123. The molecule has 1 atom stereocenters. The maximum atomic E-state index is 11.9. The normalized spacial score (nSPS) is 19.6. The van der Waals surface area contributed by atoms with Gasteiger partial charge in [-0.2, -0.15) is 0 Å². The third-order valence-electron chi connectivity index (χ3n) is 3.27. The number of Topliss-reactive ketones (excluding diaryl/α,β-unsaturated/α-hetero) is 1. The van der Waals surface area contributed by atoms with Gasteiger partial charge >= 0.3 is 5.97 Å². The van der Waals surface area contributed by atoms with Crippen molar-refractivity contribution in [1.82, 2.24) is 4.90 Å². The van der Waals surface area contributed by atoms with E-state index in [-0.39, 0.29) is 6.42 Å². The van der Waals surface area contributed by atoms with Crippen molar-refractivity contribution < 1.29 is 19.5 Å². The number of nitrogens with zero attached hydrogens (tertiary/aromatic N) is 1. The van der Waals surface area contributed by atoms with E-state index in [2.05, 4.69) is 0 Å². The zero-order valence-electron chi connectivity index (χ0n) is 10.4. The van der Waals surface area contributed by atoms with Crippen LogP contribution in [0.2, 0.25) is 0 Å². The molecule has 1 unspecified atom stereocenters. The molecular formula is C14H15NO4.